The molecule has 1 aromatic carbocycles. The quantitative estimate of drug-likeness (QED) is 0.920. The van der Waals surface area contributed by atoms with E-state index in [1.807, 2.05) is 0 Å². The minimum Gasteiger partial charge on any atom is -0.481 e. The normalized spacial score (nSPS) is 10.9. The molecule has 6 heteroatoms. The molecular weight excluding hydrogens is 253 g/mol. The Kier molecular flexibility index (Phi) is 3.03. The van der Waals surface area contributed by atoms with Gasteiger partial charge in [-0.25, -0.2) is 4.98 Å². The maximum atomic E-state index is 10.4. The second-order valence-corrected chi connectivity index (χ2v) is 4.02. The van der Waals surface area contributed by atoms with Gasteiger partial charge in [0.1, 0.15) is 5.52 Å². The van der Waals surface area contributed by atoms with Crippen LogP contribution in [0.1, 0.15) is 12.3 Å². The third kappa shape index (κ3) is 2.13. The van der Waals surface area contributed by atoms with Crippen LogP contribution in [0.4, 0.5) is 0 Å². The van der Waals surface area contributed by atoms with Gasteiger partial charge in [-0.05, 0) is 12.1 Å². The summed E-state index contributed by atoms with van der Waals surface area (Å²) in [5.74, 6) is -0.577. The minimum absolute atomic E-state index is 0.0396. The lowest BCUT2D eigenvalue weighted by molar-refractivity contribution is -0.137. The highest BCUT2D eigenvalue weighted by atomic mass is 35.5. The summed E-state index contributed by atoms with van der Waals surface area (Å²) in [5, 5.41) is 9.38. The fourth-order valence-corrected chi connectivity index (χ4v) is 1.69. The molecule has 0 fully saturated rings. The number of oxazole rings is 1. The van der Waals surface area contributed by atoms with Crippen molar-refractivity contribution in [2.24, 2.45) is 0 Å². The molecule has 2 aromatic rings. The Balaban J connectivity index is 2.39. The number of benzene rings is 1. The third-order valence-corrected chi connectivity index (χ3v) is 2.65. The van der Waals surface area contributed by atoms with Gasteiger partial charge in [0.2, 0.25) is 0 Å². The van der Waals surface area contributed by atoms with E-state index in [0.717, 1.165) is 0 Å². The van der Waals surface area contributed by atoms with Crippen LogP contribution in [0, 0.1) is 0 Å². The van der Waals surface area contributed by atoms with Gasteiger partial charge in [0.05, 0.1) is 16.5 Å². The van der Waals surface area contributed by atoms with E-state index in [1.165, 1.54) is 0 Å². The molecule has 0 amide bonds. The molecule has 0 spiro atoms. The van der Waals surface area contributed by atoms with Gasteiger partial charge in [-0.15, -0.1) is 0 Å². The average Bonchev–Trinajstić information content (AvgIpc) is 2.66. The number of aliphatic carboxylic acids is 1. The summed E-state index contributed by atoms with van der Waals surface area (Å²) in [6.45, 7) is 0. The number of aryl methyl sites for hydroxylation is 1. The largest absolute Gasteiger partial charge is 0.481 e. The van der Waals surface area contributed by atoms with Crippen molar-refractivity contribution in [3.63, 3.8) is 0 Å². The van der Waals surface area contributed by atoms with E-state index in [0.29, 0.717) is 27.0 Å². The van der Waals surface area contributed by atoms with E-state index in [2.05, 4.69) is 4.98 Å². The zero-order chi connectivity index (χ0) is 11.7. The first-order chi connectivity index (χ1) is 7.58. The van der Waals surface area contributed by atoms with Crippen molar-refractivity contribution in [3.05, 3.63) is 28.1 Å². The summed E-state index contributed by atoms with van der Waals surface area (Å²) in [6, 6.07) is 3.23. The molecule has 4 nitrogen and oxygen atoms in total. The molecule has 0 aliphatic carbocycles. The fourth-order valence-electron chi connectivity index (χ4n) is 1.31. The number of carboxylic acid groups (broad SMARTS) is 1. The molecule has 0 radical (unpaired) electrons. The number of hydrogen-bond donors (Lipinski definition) is 1. The first-order valence-corrected chi connectivity index (χ1v) is 5.28. The molecular formula is C10H7Cl2NO3. The highest BCUT2D eigenvalue weighted by molar-refractivity contribution is 6.39. The molecule has 16 heavy (non-hydrogen) atoms. The fraction of sp³-hybridized carbons (Fsp3) is 0.200. The summed E-state index contributed by atoms with van der Waals surface area (Å²) in [6.07, 6.45) is 0.179. The topological polar surface area (TPSA) is 63.3 Å². The molecule has 0 saturated heterocycles. The molecule has 0 aliphatic heterocycles. The van der Waals surface area contributed by atoms with Gasteiger partial charge in [0.15, 0.2) is 11.5 Å². The Bertz CT molecular complexity index is 511. The number of rotatable bonds is 3. The number of nitrogens with zero attached hydrogens (tertiary/aromatic N) is 1. The van der Waals surface area contributed by atoms with E-state index in [4.69, 9.17) is 32.7 Å². The van der Waals surface area contributed by atoms with Gasteiger partial charge < -0.3 is 9.52 Å². The van der Waals surface area contributed by atoms with Crippen molar-refractivity contribution in [1.82, 2.24) is 4.98 Å². The van der Waals surface area contributed by atoms with E-state index in [1.54, 1.807) is 12.1 Å². The first-order valence-electron chi connectivity index (χ1n) is 4.53. The van der Waals surface area contributed by atoms with E-state index in [9.17, 15) is 4.79 Å². The Morgan fingerprint density at radius 2 is 2.06 bits per heavy atom. The molecule has 0 bridgehead atoms. The summed E-state index contributed by atoms with van der Waals surface area (Å²) >= 11 is 11.8. The Morgan fingerprint density at radius 3 is 2.69 bits per heavy atom. The molecule has 1 heterocycles. The van der Waals surface area contributed by atoms with Gasteiger partial charge in [-0.2, -0.15) is 0 Å². The van der Waals surface area contributed by atoms with Gasteiger partial charge in [-0.3, -0.25) is 4.79 Å². The van der Waals surface area contributed by atoms with Crippen LogP contribution in [0.5, 0.6) is 0 Å². The first kappa shape index (κ1) is 11.2. The van der Waals surface area contributed by atoms with Crippen molar-refractivity contribution in [1.29, 1.82) is 0 Å². The molecule has 1 N–H and O–H groups in total. The predicted octanol–water partition coefficient (Wildman–Crippen LogP) is 3.15. The van der Waals surface area contributed by atoms with E-state index < -0.39 is 5.97 Å². The van der Waals surface area contributed by atoms with E-state index >= 15 is 0 Å². The monoisotopic (exact) mass is 259 g/mol. The Morgan fingerprint density at radius 1 is 1.38 bits per heavy atom. The van der Waals surface area contributed by atoms with Crippen LogP contribution < -0.4 is 0 Å². The number of hydrogen-bond acceptors (Lipinski definition) is 3. The van der Waals surface area contributed by atoms with Crippen LogP contribution in [-0.4, -0.2) is 16.1 Å². The number of carboxylic acids is 1. The molecule has 0 unspecified atom stereocenters. The minimum atomic E-state index is -0.903. The lowest BCUT2D eigenvalue weighted by Crippen LogP contribution is -1.97. The van der Waals surface area contributed by atoms with Crippen LogP contribution in [0.3, 0.4) is 0 Å². The summed E-state index contributed by atoms with van der Waals surface area (Å²) in [5.41, 5.74) is 0.865. The van der Waals surface area contributed by atoms with Crippen molar-refractivity contribution < 1.29 is 14.3 Å². The van der Waals surface area contributed by atoms with Gasteiger partial charge in [0, 0.05) is 6.42 Å². The second kappa shape index (κ2) is 4.31. The zero-order valence-electron chi connectivity index (χ0n) is 8.04. The SMILES string of the molecule is O=C(O)CCc1nc2c(Cl)ccc(Cl)c2o1. The standard InChI is InChI=1S/C10H7Cl2NO3/c11-5-1-2-6(12)10-9(5)13-7(16-10)3-4-8(14)15/h1-2H,3-4H2,(H,14,15). The zero-order valence-corrected chi connectivity index (χ0v) is 9.55. The van der Waals surface area contributed by atoms with Crippen LogP contribution in [-0.2, 0) is 11.2 Å². The van der Waals surface area contributed by atoms with Gasteiger partial charge >= 0.3 is 5.97 Å². The highest BCUT2D eigenvalue weighted by Gasteiger charge is 2.12. The van der Waals surface area contributed by atoms with Crippen molar-refractivity contribution in [2.45, 2.75) is 12.8 Å². The van der Waals surface area contributed by atoms with Gasteiger partial charge in [-0.1, -0.05) is 23.2 Å². The van der Waals surface area contributed by atoms with Crippen LogP contribution in [0.2, 0.25) is 10.0 Å². The number of carbonyl (C=O) groups is 1. The van der Waals surface area contributed by atoms with Gasteiger partial charge in [0.25, 0.3) is 0 Å². The van der Waals surface area contributed by atoms with Crippen LogP contribution in [0.15, 0.2) is 16.5 Å². The Hall–Kier alpha value is -1.26. The maximum Gasteiger partial charge on any atom is 0.303 e. The lowest BCUT2D eigenvalue weighted by Gasteiger charge is -1.91. The number of aromatic nitrogens is 1. The summed E-state index contributed by atoms with van der Waals surface area (Å²) < 4.78 is 5.34. The maximum absolute atomic E-state index is 10.4. The molecule has 1 aromatic heterocycles. The van der Waals surface area contributed by atoms with Crippen molar-refractivity contribution in [2.75, 3.05) is 0 Å². The van der Waals surface area contributed by atoms with Crippen LogP contribution >= 0.6 is 23.2 Å². The average molecular weight is 260 g/mol. The summed E-state index contributed by atoms with van der Waals surface area (Å²) in [4.78, 5) is 14.5. The molecule has 0 atom stereocenters. The molecule has 84 valence electrons. The molecule has 0 aliphatic rings. The molecule has 0 saturated carbocycles. The van der Waals surface area contributed by atoms with Crippen LogP contribution in [0.25, 0.3) is 11.1 Å². The Labute approximate surface area is 101 Å². The smallest absolute Gasteiger partial charge is 0.303 e. The van der Waals surface area contributed by atoms with Crippen molar-refractivity contribution in [3.8, 4) is 0 Å². The third-order valence-electron chi connectivity index (χ3n) is 2.04. The lowest BCUT2D eigenvalue weighted by atomic mass is 10.3. The van der Waals surface area contributed by atoms with Crippen molar-refractivity contribution >= 4 is 40.3 Å². The molecule has 2 rings (SSSR count). The number of fused-ring (bicyclic) bond motifs is 1. The number of halogens is 2. The summed E-state index contributed by atoms with van der Waals surface area (Å²) in [7, 11) is 0. The predicted molar refractivity (Wildman–Crippen MR) is 60.0 cm³/mol. The second-order valence-electron chi connectivity index (χ2n) is 3.21. The van der Waals surface area contributed by atoms with E-state index in [-0.39, 0.29) is 12.8 Å². The highest BCUT2D eigenvalue weighted by Crippen LogP contribution is 2.30.